The Balaban J connectivity index is 0.000000671. The summed E-state index contributed by atoms with van der Waals surface area (Å²) in [5.41, 5.74) is 1.43. The normalized spacial score (nSPS) is 15.2. The molecule has 6 heteroatoms. The summed E-state index contributed by atoms with van der Waals surface area (Å²) in [4.78, 5) is 31.0. The Morgan fingerprint density at radius 2 is 1.83 bits per heavy atom. The highest BCUT2D eigenvalue weighted by atomic mass is 16.5. The van der Waals surface area contributed by atoms with Crippen LogP contribution in [0.5, 0.6) is 0 Å². The van der Waals surface area contributed by atoms with Gasteiger partial charge in [-0.2, -0.15) is 0 Å². The number of esters is 1. The Morgan fingerprint density at radius 1 is 1.17 bits per heavy atom. The zero-order valence-electron chi connectivity index (χ0n) is 14.8. The van der Waals surface area contributed by atoms with E-state index >= 15 is 0 Å². The number of nitrogens with one attached hydrogen (secondary N) is 2. The van der Waals surface area contributed by atoms with Crippen molar-refractivity contribution in [1.29, 1.82) is 0 Å². The van der Waals surface area contributed by atoms with Crippen LogP contribution >= 0.6 is 0 Å². The predicted octanol–water partition coefficient (Wildman–Crippen LogP) is 2.95. The number of ketones is 1. The number of aromatic nitrogens is 1. The fourth-order valence-corrected chi connectivity index (χ4v) is 2.24. The molecule has 0 saturated heterocycles. The molecule has 0 radical (unpaired) electrons. The van der Waals surface area contributed by atoms with Crippen LogP contribution in [0.4, 0.5) is 0 Å². The number of hydrogen-bond acceptors (Lipinski definition) is 5. The maximum atomic E-state index is 12.4. The van der Waals surface area contributed by atoms with Gasteiger partial charge in [-0.3, -0.25) is 9.79 Å². The minimum Gasteiger partial charge on any atom is -0.467 e. The number of fused-ring (bicyclic) bond motifs is 1. The number of ether oxygens (including phenoxy) is 1. The number of para-hydroxylation sites is 1. The molecule has 2 heterocycles. The van der Waals surface area contributed by atoms with Crippen LogP contribution in [0.1, 0.15) is 38.1 Å². The number of benzene rings is 1. The van der Waals surface area contributed by atoms with E-state index in [1.54, 1.807) is 6.20 Å². The lowest BCUT2D eigenvalue weighted by molar-refractivity contribution is -0.142. The number of nitrogens with zero attached hydrogens (tertiary/aromatic N) is 1. The molecule has 1 atom stereocenters. The van der Waals surface area contributed by atoms with E-state index in [4.69, 9.17) is 0 Å². The van der Waals surface area contributed by atoms with E-state index in [-0.39, 0.29) is 18.2 Å². The number of Topliss-reactive ketones (excluding diaryl/α,β-unsaturated/α-hetero) is 1. The third-order valence-corrected chi connectivity index (χ3v) is 3.28. The summed E-state index contributed by atoms with van der Waals surface area (Å²) < 4.78 is 4.63. The van der Waals surface area contributed by atoms with Gasteiger partial charge in [0.15, 0.2) is 5.84 Å². The Morgan fingerprint density at radius 3 is 2.50 bits per heavy atom. The van der Waals surface area contributed by atoms with Crippen molar-refractivity contribution in [2.75, 3.05) is 13.7 Å². The third-order valence-electron chi connectivity index (χ3n) is 3.28. The molecule has 1 aliphatic heterocycles. The Hall–Kier alpha value is -2.63. The molecule has 24 heavy (non-hydrogen) atoms. The summed E-state index contributed by atoms with van der Waals surface area (Å²) in [6.45, 7) is 8.22. The number of hydrogen-bond donors (Lipinski definition) is 2. The van der Waals surface area contributed by atoms with Gasteiger partial charge in [0, 0.05) is 17.1 Å². The average molecular weight is 331 g/mol. The first-order valence-electron chi connectivity index (χ1n) is 8.20. The molecule has 0 spiro atoms. The van der Waals surface area contributed by atoms with Gasteiger partial charge in [-0.1, -0.05) is 45.9 Å². The Kier molecular flexibility index (Phi) is 7.68. The Labute approximate surface area is 142 Å². The van der Waals surface area contributed by atoms with Crippen molar-refractivity contribution in [3.8, 4) is 0 Å². The van der Waals surface area contributed by atoms with Crippen LogP contribution in [-0.2, 0) is 9.53 Å². The molecule has 2 N–H and O–H groups in total. The standard InChI is InChI=1S/C14H13N3O3.2C2H6/c1-20-14(19)11-7-16-13(17-11)12(18)9-6-15-10-5-3-2-4-8(9)10;2*1-2/h2-6,11,15H,7H2,1H3,(H,16,17);2*1-2H3. The number of rotatable bonds is 3. The van der Waals surface area contributed by atoms with Crippen LogP contribution in [0.25, 0.3) is 10.9 Å². The number of aromatic amines is 1. The van der Waals surface area contributed by atoms with Gasteiger partial charge in [0.1, 0.15) is 6.04 Å². The molecule has 0 aliphatic carbocycles. The fourth-order valence-electron chi connectivity index (χ4n) is 2.24. The van der Waals surface area contributed by atoms with E-state index in [1.165, 1.54) is 7.11 Å². The lowest BCUT2D eigenvalue weighted by atomic mass is 10.1. The highest BCUT2D eigenvalue weighted by Gasteiger charge is 2.29. The van der Waals surface area contributed by atoms with Gasteiger partial charge in [0.25, 0.3) is 0 Å². The molecule has 1 aromatic heterocycles. The van der Waals surface area contributed by atoms with Crippen molar-refractivity contribution in [2.45, 2.75) is 33.7 Å². The van der Waals surface area contributed by atoms with E-state index in [0.717, 1.165) is 10.9 Å². The van der Waals surface area contributed by atoms with Gasteiger partial charge in [-0.25, -0.2) is 4.79 Å². The monoisotopic (exact) mass is 331 g/mol. The van der Waals surface area contributed by atoms with E-state index in [1.807, 2.05) is 52.0 Å². The third kappa shape index (κ3) is 4.01. The van der Waals surface area contributed by atoms with E-state index in [0.29, 0.717) is 5.56 Å². The van der Waals surface area contributed by atoms with Gasteiger partial charge in [-0.05, 0) is 6.07 Å². The first-order valence-corrected chi connectivity index (χ1v) is 8.20. The molecule has 1 aromatic carbocycles. The molecule has 0 fully saturated rings. The number of carbonyl (C=O) groups excluding carboxylic acids is 2. The topological polar surface area (TPSA) is 83.5 Å². The SMILES string of the molecule is CC.CC.COC(=O)C1CN=C(C(=O)c2c[nH]c3ccccc23)N1. The largest absolute Gasteiger partial charge is 0.467 e. The summed E-state index contributed by atoms with van der Waals surface area (Å²) in [6.07, 6.45) is 1.66. The molecular weight excluding hydrogens is 306 g/mol. The minimum absolute atomic E-state index is 0.199. The number of amidine groups is 1. The summed E-state index contributed by atoms with van der Waals surface area (Å²) in [6, 6.07) is 6.95. The zero-order chi connectivity index (χ0) is 18.1. The molecule has 1 unspecified atom stereocenters. The zero-order valence-corrected chi connectivity index (χ0v) is 14.8. The van der Waals surface area contributed by atoms with Crippen molar-refractivity contribution >= 4 is 28.5 Å². The van der Waals surface area contributed by atoms with Crippen molar-refractivity contribution < 1.29 is 14.3 Å². The lowest BCUT2D eigenvalue weighted by Gasteiger charge is -2.08. The number of H-pyrrole nitrogens is 1. The highest BCUT2D eigenvalue weighted by Crippen LogP contribution is 2.19. The van der Waals surface area contributed by atoms with Crippen molar-refractivity contribution in [2.24, 2.45) is 4.99 Å². The minimum atomic E-state index is -0.579. The van der Waals surface area contributed by atoms with Crippen LogP contribution in [-0.4, -0.2) is 42.3 Å². The summed E-state index contributed by atoms with van der Waals surface area (Å²) in [5, 5.41) is 3.64. The molecule has 3 rings (SSSR count). The van der Waals surface area contributed by atoms with Gasteiger partial charge in [-0.15, -0.1) is 0 Å². The molecule has 1 aliphatic rings. The van der Waals surface area contributed by atoms with Crippen molar-refractivity contribution in [3.63, 3.8) is 0 Å². The fraction of sp³-hybridized carbons (Fsp3) is 0.389. The molecule has 0 bridgehead atoms. The van der Waals surface area contributed by atoms with Crippen molar-refractivity contribution in [3.05, 3.63) is 36.0 Å². The smallest absolute Gasteiger partial charge is 0.330 e. The average Bonchev–Trinajstić information content (AvgIpc) is 3.31. The van der Waals surface area contributed by atoms with Crippen LogP contribution in [0.15, 0.2) is 35.5 Å². The van der Waals surface area contributed by atoms with Gasteiger partial charge >= 0.3 is 5.97 Å². The maximum Gasteiger partial charge on any atom is 0.330 e. The summed E-state index contributed by atoms with van der Waals surface area (Å²) >= 11 is 0. The first-order chi connectivity index (χ1) is 11.7. The molecule has 6 nitrogen and oxygen atoms in total. The number of methoxy groups -OCH3 is 1. The van der Waals surface area contributed by atoms with E-state index in [9.17, 15) is 9.59 Å². The summed E-state index contributed by atoms with van der Waals surface area (Å²) in [7, 11) is 1.31. The predicted molar refractivity (Wildman–Crippen MR) is 96.6 cm³/mol. The Bertz CT molecular complexity index is 719. The van der Waals surface area contributed by atoms with Gasteiger partial charge < -0.3 is 15.0 Å². The van der Waals surface area contributed by atoms with Crippen LogP contribution < -0.4 is 5.32 Å². The molecular formula is C18H25N3O3. The van der Waals surface area contributed by atoms with Gasteiger partial charge in [0.05, 0.1) is 19.2 Å². The van der Waals surface area contributed by atoms with Crippen LogP contribution in [0.3, 0.4) is 0 Å². The lowest BCUT2D eigenvalue weighted by Crippen LogP contribution is -2.40. The van der Waals surface area contributed by atoms with E-state index in [2.05, 4.69) is 20.0 Å². The summed E-state index contributed by atoms with van der Waals surface area (Å²) in [5.74, 6) is -0.450. The molecule has 130 valence electrons. The van der Waals surface area contributed by atoms with Gasteiger partial charge in [0.2, 0.25) is 5.78 Å². The van der Waals surface area contributed by atoms with Crippen molar-refractivity contribution in [1.82, 2.24) is 10.3 Å². The highest BCUT2D eigenvalue weighted by molar-refractivity contribution is 6.47. The van der Waals surface area contributed by atoms with Crippen LogP contribution in [0, 0.1) is 0 Å². The second-order valence-electron chi connectivity index (χ2n) is 4.49. The maximum absolute atomic E-state index is 12.4. The number of carbonyl (C=O) groups is 2. The first kappa shape index (κ1) is 19.4. The second kappa shape index (κ2) is 9.50. The quantitative estimate of drug-likeness (QED) is 0.669. The van der Waals surface area contributed by atoms with E-state index < -0.39 is 12.0 Å². The molecule has 0 amide bonds. The molecule has 2 aromatic rings. The molecule has 0 saturated carbocycles. The number of aliphatic imine (C=N–C) groups is 1. The van der Waals surface area contributed by atoms with Crippen LogP contribution in [0.2, 0.25) is 0 Å². The second-order valence-corrected chi connectivity index (χ2v) is 4.49.